The van der Waals surface area contributed by atoms with Gasteiger partial charge in [0.15, 0.2) is 0 Å². The summed E-state index contributed by atoms with van der Waals surface area (Å²) in [6, 6.07) is 24.6. The van der Waals surface area contributed by atoms with Crippen LogP contribution in [0, 0.1) is 56.4 Å². The summed E-state index contributed by atoms with van der Waals surface area (Å²) in [5.74, 6) is 1.81. The maximum absolute atomic E-state index is 2.45. The fourth-order valence-electron chi connectivity index (χ4n) is 11.2. The van der Waals surface area contributed by atoms with E-state index in [1.807, 2.05) is 0 Å². The van der Waals surface area contributed by atoms with Crippen LogP contribution < -0.4 is 10.6 Å². The molecule has 0 spiro atoms. The number of benzene rings is 2. The van der Waals surface area contributed by atoms with Crippen molar-refractivity contribution in [1.29, 1.82) is 0 Å². The van der Waals surface area contributed by atoms with Gasteiger partial charge in [-0.3, -0.25) is 0 Å². The Morgan fingerprint density at radius 2 is 0.619 bits per heavy atom. The van der Waals surface area contributed by atoms with Crippen LogP contribution in [-0.2, 0) is 51.2 Å². The van der Waals surface area contributed by atoms with Gasteiger partial charge in [0.25, 0.3) is 0 Å². The first-order valence-electron chi connectivity index (χ1n) is 23.4. The van der Waals surface area contributed by atoms with E-state index in [9.17, 15) is 0 Å². The summed E-state index contributed by atoms with van der Waals surface area (Å²) in [5.41, 5.74) is 3.91. The molecule has 2 aromatic rings. The Labute approximate surface area is 432 Å². The van der Waals surface area contributed by atoms with Gasteiger partial charge in [-0.15, -0.1) is 0 Å². The van der Waals surface area contributed by atoms with Gasteiger partial charge in [-0.2, -0.15) is 0 Å². The molecule has 2 nitrogen and oxygen atoms in total. The molecule has 6 fully saturated rings. The van der Waals surface area contributed by atoms with Crippen molar-refractivity contribution in [2.24, 2.45) is 11.8 Å². The van der Waals surface area contributed by atoms with Gasteiger partial charge < -0.3 is 54.4 Å². The molecule has 0 saturated heterocycles. The summed E-state index contributed by atoms with van der Waals surface area (Å²) in [5, 5.41) is 3.37. The first-order valence-corrected chi connectivity index (χ1v) is 26.3. The van der Waals surface area contributed by atoms with E-state index in [2.05, 4.69) is 113 Å². The molecule has 4 unspecified atom stereocenters. The maximum Gasteiger partial charge on any atom is 2.00 e. The Hall–Kier alpha value is 0.778. The first kappa shape index (κ1) is 72.8. The minimum absolute atomic E-state index is 0. The Morgan fingerprint density at radius 3 is 0.857 bits per heavy atom. The van der Waals surface area contributed by atoms with Crippen LogP contribution in [0.3, 0.4) is 0 Å². The molecule has 0 aliphatic heterocycles. The average molecular weight is 1030 g/mol. The Kier molecular flexibility index (Phi) is 46.9. The summed E-state index contributed by atoms with van der Waals surface area (Å²) in [6.07, 6.45) is 35.6. The molecule has 8 rings (SSSR count). The molecule has 6 aliphatic rings. The summed E-state index contributed by atoms with van der Waals surface area (Å²) >= 11 is 0. The molecular formula is C56H102Fe3N2P2. The number of hydrogen-bond acceptors (Lipinski definition) is 2. The molecule has 6 saturated carbocycles. The molecule has 0 bridgehead atoms. The minimum atomic E-state index is 0. The third-order valence-corrected chi connectivity index (χ3v) is 21.8. The van der Waals surface area contributed by atoms with Gasteiger partial charge in [0.05, 0.1) is 0 Å². The summed E-state index contributed by atoms with van der Waals surface area (Å²) in [6.45, 7) is 4.91. The SMILES string of the molecule is C1CCCC1.C1CCCC1.C[C@@H](C1CCCC1[P@](c1ccccc1)C1CCCC1)N(C)C.C[C@@H](C1CCCC1[P@](c1ccccc1)C1CCCC1)N(C)C.[CH3-].[CH3-].[CH3-].[CH3-].[CH3-].[CH3-].[Fe+2].[Fe+2].[Fe+2]. The molecule has 0 N–H and O–H groups in total. The normalized spacial score (nSPS) is 24.1. The van der Waals surface area contributed by atoms with Crippen molar-refractivity contribution in [1.82, 2.24) is 9.80 Å². The van der Waals surface area contributed by atoms with Gasteiger partial charge in [-0.25, -0.2) is 0 Å². The second-order valence-electron chi connectivity index (χ2n) is 18.6. The van der Waals surface area contributed by atoms with Gasteiger partial charge in [0.2, 0.25) is 0 Å². The topological polar surface area (TPSA) is 6.48 Å². The van der Waals surface area contributed by atoms with Gasteiger partial charge >= 0.3 is 51.2 Å². The van der Waals surface area contributed by atoms with Crippen LogP contribution in [-0.4, -0.2) is 72.7 Å². The van der Waals surface area contributed by atoms with Crippen molar-refractivity contribution >= 4 is 26.5 Å². The van der Waals surface area contributed by atoms with Gasteiger partial charge in [-0.1, -0.05) is 179 Å². The van der Waals surface area contributed by atoms with E-state index in [0.717, 1.165) is 46.6 Å². The average Bonchev–Trinajstić information content (AvgIpc) is 4.05. The molecular weight excluding hydrogens is 930 g/mol. The van der Waals surface area contributed by atoms with E-state index >= 15 is 0 Å². The standard InChI is InChI=1S/2C20H32NP.2C5H10.6CH3.3Fe/c2*1-16(21(2)3)19-14-9-15-20(19)22(18-12-7-8-13-18)17-10-5-4-6-11-17;2*1-2-4-5-3-1;;;;;;;;;/h2*4-6,10-11,16,18-20H,7-9,12-15H2,1-3H3;2*1-5H2;6*1H3;;;/q;;;;6*-1;3*+2/t2*16-,19?,20?,22+;;;;;;;;;;;/m00.........../s1. The summed E-state index contributed by atoms with van der Waals surface area (Å²) in [7, 11) is 9.09. The maximum atomic E-state index is 2.45. The van der Waals surface area contributed by atoms with Crippen LogP contribution in [0.5, 0.6) is 0 Å². The molecule has 370 valence electrons. The van der Waals surface area contributed by atoms with Crippen LogP contribution in [0.4, 0.5) is 0 Å². The van der Waals surface area contributed by atoms with Crippen LogP contribution in [0.25, 0.3) is 0 Å². The van der Waals surface area contributed by atoms with Crippen molar-refractivity contribution in [3.63, 3.8) is 0 Å². The zero-order valence-corrected chi connectivity index (χ0v) is 48.3. The van der Waals surface area contributed by atoms with E-state index in [1.165, 1.54) is 154 Å². The molecule has 8 atom stereocenters. The second kappa shape index (κ2) is 40.6. The smallest absolute Gasteiger partial charge is 0.358 e. The fourth-order valence-corrected chi connectivity index (χ4v) is 19.3. The van der Waals surface area contributed by atoms with Crippen molar-refractivity contribution in [3.05, 3.63) is 105 Å². The van der Waals surface area contributed by atoms with Crippen molar-refractivity contribution in [2.75, 3.05) is 28.2 Å². The van der Waals surface area contributed by atoms with E-state index in [-0.39, 0.29) is 112 Å². The Bertz CT molecular complexity index is 1140. The molecule has 63 heavy (non-hydrogen) atoms. The van der Waals surface area contributed by atoms with Crippen molar-refractivity contribution in [3.8, 4) is 0 Å². The molecule has 2 aromatic carbocycles. The number of hydrogen-bond donors (Lipinski definition) is 0. The predicted octanol–water partition coefficient (Wildman–Crippen LogP) is 16.3. The first-order chi connectivity index (χ1) is 26.4. The molecule has 6 aliphatic carbocycles. The van der Waals surface area contributed by atoms with E-state index < -0.39 is 0 Å². The van der Waals surface area contributed by atoms with E-state index in [4.69, 9.17) is 0 Å². The Balaban J connectivity index is -0.000000260. The predicted molar refractivity (Wildman–Crippen MR) is 284 cm³/mol. The van der Waals surface area contributed by atoms with Crippen molar-refractivity contribution < 1.29 is 51.2 Å². The minimum Gasteiger partial charge on any atom is -0.358 e. The van der Waals surface area contributed by atoms with Gasteiger partial charge in [0, 0.05) is 12.1 Å². The van der Waals surface area contributed by atoms with Crippen molar-refractivity contribution in [2.45, 2.75) is 203 Å². The largest absolute Gasteiger partial charge is 2.00 e. The monoisotopic (exact) mass is 1030 g/mol. The number of nitrogens with zero attached hydrogens (tertiary/aromatic N) is 2. The number of rotatable bonds is 10. The molecule has 0 heterocycles. The summed E-state index contributed by atoms with van der Waals surface area (Å²) < 4.78 is 0. The van der Waals surface area contributed by atoms with Crippen LogP contribution in [0.2, 0.25) is 0 Å². The zero-order chi connectivity index (χ0) is 38.1. The molecule has 0 amide bonds. The van der Waals surface area contributed by atoms with Crippen LogP contribution in [0.15, 0.2) is 60.7 Å². The summed E-state index contributed by atoms with van der Waals surface area (Å²) in [4.78, 5) is 4.91. The fraction of sp³-hybridized carbons (Fsp3) is 0.679. The quantitative estimate of drug-likeness (QED) is 0.133. The Morgan fingerprint density at radius 1 is 0.365 bits per heavy atom. The molecule has 7 heteroatoms. The second-order valence-corrected chi connectivity index (χ2v) is 24.1. The van der Waals surface area contributed by atoms with Crippen LogP contribution in [0.1, 0.15) is 168 Å². The third-order valence-electron chi connectivity index (χ3n) is 14.7. The third kappa shape index (κ3) is 22.8. The van der Waals surface area contributed by atoms with Gasteiger partial charge in [-0.05, 0) is 138 Å². The van der Waals surface area contributed by atoms with Crippen LogP contribution >= 0.6 is 15.8 Å². The van der Waals surface area contributed by atoms with E-state index in [1.54, 1.807) is 10.6 Å². The van der Waals surface area contributed by atoms with E-state index in [0.29, 0.717) is 0 Å². The van der Waals surface area contributed by atoms with Gasteiger partial charge in [0.1, 0.15) is 0 Å². The zero-order valence-electron chi connectivity index (χ0n) is 43.2. The molecule has 0 aromatic heterocycles. The molecule has 0 radical (unpaired) electrons.